The van der Waals surface area contributed by atoms with Gasteiger partial charge in [-0.15, -0.1) is 0 Å². The Hall–Kier alpha value is -0.810. The molecule has 5 nitrogen and oxygen atoms in total. The maximum Gasteiger partial charge on any atom is 0.317 e. The Morgan fingerprint density at radius 2 is 1.60 bits per heavy atom. The van der Waals surface area contributed by atoms with Crippen molar-refractivity contribution in [3.8, 4) is 0 Å². The summed E-state index contributed by atoms with van der Waals surface area (Å²) in [5.41, 5.74) is 0. The molecule has 118 valence electrons. The third-order valence-electron chi connectivity index (χ3n) is 3.64. The van der Waals surface area contributed by atoms with Crippen LogP contribution in [0.5, 0.6) is 0 Å². The topological polar surface area (TPSA) is 50.8 Å². The molecule has 1 rings (SSSR count). The fraction of sp³-hybridized carbons (Fsp3) is 0.933. The molecule has 0 aromatic carbocycles. The van der Waals surface area contributed by atoms with Gasteiger partial charge in [-0.25, -0.2) is 4.79 Å². The normalized spacial score (nSPS) is 16.1. The van der Waals surface area contributed by atoms with E-state index in [0.29, 0.717) is 45.6 Å². The van der Waals surface area contributed by atoms with E-state index in [1.165, 1.54) is 19.3 Å². The molecule has 0 saturated heterocycles. The maximum atomic E-state index is 12.3. The van der Waals surface area contributed by atoms with E-state index in [4.69, 9.17) is 9.47 Å². The largest absolute Gasteiger partial charge is 0.380 e. The standard InChI is InChI=1S/C15H30N2O3/c1-3-19-12-10-17(11-13-20-4-2)15(18)16-14-8-6-5-7-9-14/h14H,3-13H2,1-2H3,(H,16,18). The Morgan fingerprint density at radius 3 is 2.10 bits per heavy atom. The molecule has 5 heteroatoms. The Kier molecular flexibility index (Phi) is 9.41. The summed E-state index contributed by atoms with van der Waals surface area (Å²) >= 11 is 0. The first kappa shape index (κ1) is 17.2. The van der Waals surface area contributed by atoms with Crippen LogP contribution in [0.3, 0.4) is 0 Å². The summed E-state index contributed by atoms with van der Waals surface area (Å²) in [6.45, 7) is 7.71. The van der Waals surface area contributed by atoms with Gasteiger partial charge in [-0.05, 0) is 26.7 Å². The van der Waals surface area contributed by atoms with Crippen molar-refractivity contribution in [3.05, 3.63) is 0 Å². The third-order valence-corrected chi connectivity index (χ3v) is 3.64. The van der Waals surface area contributed by atoms with E-state index in [-0.39, 0.29) is 6.03 Å². The molecule has 20 heavy (non-hydrogen) atoms. The van der Waals surface area contributed by atoms with Gasteiger partial charge >= 0.3 is 6.03 Å². The predicted octanol–water partition coefficient (Wildman–Crippen LogP) is 2.40. The molecule has 0 aromatic rings. The molecule has 0 radical (unpaired) electrons. The van der Waals surface area contributed by atoms with Gasteiger partial charge in [0.1, 0.15) is 0 Å². The smallest absolute Gasteiger partial charge is 0.317 e. The molecule has 0 spiro atoms. The van der Waals surface area contributed by atoms with Crippen molar-refractivity contribution in [3.63, 3.8) is 0 Å². The molecule has 2 amide bonds. The van der Waals surface area contributed by atoms with Crippen LogP contribution in [0, 0.1) is 0 Å². The first-order valence-corrected chi connectivity index (χ1v) is 7.98. The van der Waals surface area contributed by atoms with Crippen LogP contribution in [0.15, 0.2) is 0 Å². The zero-order chi connectivity index (χ0) is 14.6. The predicted molar refractivity (Wildman–Crippen MR) is 80.0 cm³/mol. The first-order chi connectivity index (χ1) is 9.77. The van der Waals surface area contributed by atoms with Crippen LogP contribution in [-0.2, 0) is 9.47 Å². The Balaban J connectivity index is 2.35. The molecule has 1 N–H and O–H groups in total. The fourth-order valence-corrected chi connectivity index (χ4v) is 2.47. The van der Waals surface area contributed by atoms with E-state index < -0.39 is 0 Å². The van der Waals surface area contributed by atoms with E-state index in [0.717, 1.165) is 12.8 Å². The number of hydrogen-bond acceptors (Lipinski definition) is 3. The summed E-state index contributed by atoms with van der Waals surface area (Å²) in [4.78, 5) is 14.1. The van der Waals surface area contributed by atoms with Crippen molar-refractivity contribution in [1.82, 2.24) is 10.2 Å². The average molecular weight is 286 g/mol. The van der Waals surface area contributed by atoms with Crippen LogP contribution < -0.4 is 5.32 Å². The van der Waals surface area contributed by atoms with Crippen LogP contribution in [0.25, 0.3) is 0 Å². The highest BCUT2D eigenvalue weighted by Crippen LogP contribution is 2.17. The average Bonchev–Trinajstić information content (AvgIpc) is 2.47. The van der Waals surface area contributed by atoms with Crippen molar-refractivity contribution in [2.45, 2.75) is 52.0 Å². The lowest BCUT2D eigenvalue weighted by atomic mass is 9.96. The lowest BCUT2D eigenvalue weighted by Gasteiger charge is -2.28. The Morgan fingerprint density at radius 1 is 1.05 bits per heavy atom. The van der Waals surface area contributed by atoms with Gasteiger partial charge in [-0.2, -0.15) is 0 Å². The van der Waals surface area contributed by atoms with Gasteiger partial charge in [0, 0.05) is 32.3 Å². The van der Waals surface area contributed by atoms with E-state index in [1.54, 1.807) is 4.90 Å². The number of ether oxygens (including phenoxy) is 2. The monoisotopic (exact) mass is 286 g/mol. The number of rotatable bonds is 9. The molecule has 0 unspecified atom stereocenters. The van der Waals surface area contributed by atoms with Gasteiger partial charge < -0.3 is 19.7 Å². The number of nitrogens with one attached hydrogen (secondary N) is 1. The zero-order valence-corrected chi connectivity index (χ0v) is 13.0. The van der Waals surface area contributed by atoms with E-state index in [9.17, 15) is 4.79 Å². The highest BCUT2D eigenvalue weighted by molar-refractivity contribution is 5.74. The van der Waals surface area contributed by atoms with E-state index in [2.05, 4.69) is 5.32 Å². The number of carbonyl (C=O) groups is 1. The molecular weight excluding hydrogens is 256 g/mol. The Labute approximate surface area is 123 Å². The summed E-state index contributed by atoms with van der Waals surface area (Å²) in [5.74, 6) is 0. The molecule has 1 saturated carbocycles. The first-order valence-electron chi connectivity index (χ1n) is 7.98. The van der Waals surface area contributed by atoms with Gasteiger partial charge in [0.25, 0.3) is 0 Å². The third kappa shape index (κ3) is 7.10. The molecule has 0 bridgehead atoms. The number of carbonyl (C=O) groups excluding carboxylic acids is 1. The molecule has 1 aliphatic rings. The molecule has 0 aromatic heterocycles. The van der Waals surface area contributed by atoms with Crippen LogP contribution >= 0.6 is 0 Å². The zero-order valence-electron chi connectivity index (χ0n) is 13.0. The summed E-state index contributed by atoms with van der Waals surface area (Å²) in [5, 5.41) is 3.15. The quantitative estimate of drug-likeness (QED) is 0.662. The minimum atomic E-state index is 0.0244. The van der Waals surface area contributed by atoms with Gasteiger partial charge in [-0.3, -0.25) is 0 Å². The number of nitrogens with zero attached hydrogens (tertiary/aromatic N) is 1. The maximum absolute atomic E-state index is 12.3. The van der Waals surface area contributed by atoms with Crippen molar-refractivity contribution >= 4 is 6.03 Å². The Bertz CT molecular complexity index is 246. The van der Waals surface area contributed by atoms with Crippen LogP contribution in [-0.4, -0.2) is 56.5 Å². The fourth-order valence-electron chi connectivity index (χ4n) is 2.47. The summed E-state index contributed by atoms with van der Waals surface area (Å²) in [6.07, 6.45) is 5.96. The second-order valence-corrected chi connectivity index (χ2v) is 5.17. The van der Waals surface area contributed by atoms with Crippen LogP contribution in [0.2, 0.25) is 0 Å². The molecule has 1 fully saturated rings. The highest BCUT2D eigenvalue weighted by Gasteiger charge is 2.19. The number of urea groups is 1. The highest BCUT2D eigenvalue weighted by atomic mass is 16.5. The van der Waals surface area contributed by atoms with Gasteiger partial charge in [0.05, 0.1) is 13.2 Å². The van der Waals surface area contributed by atoms with Crippen molar-refractivity contribution in [1.29, 1.82) is 0 Å². The molecule has 0 heterocycles. The van der Waals surface area contributed by atoms with E-state index in [1.807, 2.05) is 13.8 Å². The van der Waals surface area contributed by atoms with Gasteiger partial charge in [0.2, 0.25) is 0 Å². The van der Waals surface area contributed by atoms with Crippen molar-refractivity contribution in [2.24, 2.45) is 0 Å². The summed E-state index contributed by atoms with van der Waals surface area (Å²) in [6, 6.07) is 0.370. The molecule has 0 aliphatic heterocycles. The van der Waals surface area contributed by atoms with E-state index >= 15 is 0 Å². The second kappa shape index (κ2) is 10.9. The number of amides is 2. The SMILES string of the molecule is CCOCCN(CCOCC)C(=O)NC1CCCCC1. The van der Waals surface area contributed by atoms with Crippen LogP contribution in [0.4, 0.5) is 4.79 Å². The summed E-state index contributed by atoms with van der Waals surface area (Å²) in [7, 11) is 0. The van der Waals surface area contributed by atoms with Crippen molar-refractivity contribution < 1.29 is 14.3 Å². The summed E-state index contributed by atoms with van der Waals surface area (Å²) < 4.78 is 10.7. The van der Waals surface area contributed by atoms with Crippen molar-refractivity contribution in [2.75, 3.05) is 39.5 Å². The minimum absolute atomic E-state index is 0.0244. The minimum Gasteiger partial charge on any atom is -0.380 e. The second-order valence-electron chi connectivity index (χ2n) is 5.17. The number of hydrogen-bond donors (Lipinski definition) is 1. The lowest BCUT2D eigenvalue weighted by Crippen LogP contribution is -2.47. The van der Waals surface area contributed by atoms with Crippen LogP contribution in [0.1, 0.15) is 46.0 Å². The molecular formula is C15H30N2O3. The lowest BCUT2D eigenvalue weighted by molar-refractivity contribution is 0.0912. The van der Waals surface area contributed by atoms with Gasteiger partial charge in [-0.1, -0.05) is 19.3 Å². The molecule has 0 atom stereocenters. The van der Waals surface area contributed by atoms with Gasteiger partial charge in [0.15, 0.2) is 0 Å². The molecule has 1 aliphatic carbocycles.